The first-order chi connectivity index (χ1) is 11.4. The minimum atomic E-state index is -1.96. The average molecular weight is 511 g/mol. The van der Waals surface area contributed by atoms with Gasteiger partial charge in [0.2, 0.25) is 14.2 Å². The van der Waals surface area contributed by atoms with Crippen LogP contribution in [0.3, 0.4) is 0 Å². The van der Waals surface area contributed by atoms with Gasteiger partial charge in [0.15, 0.2) is 0 Å². The SMILES string of the molecule is C[Si](C)(C)N[C@@H]1C(=O)N2C=C(/C=C/CI)C(C(=O)O[Si](C)(C)C)S[C@H]12. The molecule has 0 aromatic carbocycles. The molecule has 9 heteroatoms. The zero-order valence-electron chi connectivity index (χ0n) is 15.6. The molecular weight excluding hydrogens is 483 g/mol. The van der Waals surface area contributed by atoms with E-state index in [0.29, 0.717) is 0 Å². The van der Waals surface area contributed by atoms with Crippen LogP contribution in [0.15, 0.2) is 23.9 Å². The van der Waals surface area contributed by atoms with Crippen LogP contribution in [-0.4, -0.2) is 54.4 Å². The minimum Gasteiger partial charge on any atom is -0.519 e. The molecule has 3 atom stereocenters. The van der Waals surface area contributed by atoms with Crippen LogP contribution >= 0.6 is 34.4 Å². The van der Waals surface area contributed by atoms with Gasteiger partial charge in [-0.15, -0.1) is 11.8 Å². The first-order valence-corrected chi connectivity index (χ1v) is 17.7. The third-order valence-electron chi connectivity index (χ3n) is 3.56. The number of carbonyl (C=O) groups excluding carboxylic acids is 2. The molecule has 25 heavy (non-hydrogen) atoms. The van der Waals surface area contributed by atoms with E-state index in [-0.39, 0.29) is 28.5 Å². The Hall–Kier alpha value is -0.106. The largest absolute Gasteiger partial charge is 0.519 e. The second kappa shape index (κ2) is 7.87. The predicted molar refractivity (Wildman–Crippen MR) is 118 cm³/mol. The summed E-state index contributed by atoms with van der Waals surface area (Å²) in [6.07, 6.45) is 5.79. The Morgan fingerprint density at radius 2 is 2.00 bits per heavy atom. The maximum atomic E-state index is 12.7. The van der Waals surface area contributed by atoms with E-state index in [1.165, 1.54) is 11.8 Å². The molecule has 2 aliphatic rings. The van der Waals surface area contributed by atoms with Crippen molar-refractivity contribution in [1.29, 1.82) is 0 Å². The molecule has 5 nitrogen and oxygen atoms in total. The van der Waals surface area contributed by atoms with Crippen LogP contribution in [0.5, 0.6) is 0 Å². The van der Waals surface area contributed by atoms with Crippen LogP contribution in [0.25, 0.3) is 0 Å². The lowest BCUT2D eigenvalue weighted by molar-refractivity contribution is -0.142. The molecule has 2 heterocycles. The maximum Gasteiger partial charge on any atom is 0.310 e. The van der Waals surface area contributed by atoms with Gasteiger partial charge < -0.3 is 14.3 Å². The number of rotatable bonds is 6. The van der Waals surface area contributed by atoms with Crippen molar-refractivity contribution >= 4 is 62.8 Å². The molecule has 1 unspecified atom stereocenters. The number of nitrogens with zero attached hydrogens (tertiary/aromatic N) is 1. The van der Waals surface area contributed by atoms with Crippen molar-refractivity contribution in [2.75, 3.05) is 4.43 Å². The molecule has 1 N–H and O–H groups in total. The van der Waals surface area contributed by atoms with Gasteiger partial charge in [0.25, 0.3) is 0 Å². The lowest BCUT2D eigenvalue weighted by atomic mass is 10.1. The summed E-state index contributed by atoms with van der Waals surface area (Å²) in [4.78, 5) is 30.5. The summed E-state index contributed by atoms with van der Waals surface area (Å²) in [6.45, 7) is 12.6. The van der Waals surface area contributed by atoms with E-state index in [4.69, 9.17) is 4.43 Å². The second-order valence-electron chi connectivity index (χ2n) is 8.24. The van der Waals surface area contributed by atoms with Gasteiger partial charge in [0.05, 0.1) is 0 Å². The molecule has 1 amide bonds. The summed E-state index contributed by atoms with van der Waals surface area (Å²) in [5, 5.41) is -0.402. The van der Waals surface area contributed by atoms with Gasteiger partial charge in [0, 0.05) is 10.6 Å². The van der Waals surface area contributed by atoms with Crippen molar-refractivity contribution in [1.82, 2.24) is 9.88 Å². The summed E-state index contributed by atoms with van der Waals surface area (Å²) in [5.74, 6) is -0.0865. The van der Waals surface area contributed by atoms with E-state index >= 15 is 0 Å². The summed E-state index contributed by atoms with van der Waals surface area (Å²) < 4.78 is 6.60. The zero-order chi connectivity index (χ0) is 19.0. The number of β-lactam (4-membered cyclic amide) rings is 1. The third kappa shape index (κ3) is 5.44. The fourth-order valence-corrected chi connectivity index (χ4v) is 6.44. The highest BCUT2D eigenvalue weighted by atomic mass is 127. The first kappa shape index (κ1) is 21.2. The molecule has 140 valence electrons. The minimum absolute atomic E-state index is 0.0323. The summed E-state index contributed by atoms with van der Waals surface area (Å²) in [6, 6.07) is -0.204. The number of fused-ring (bicyclic) bond motifs is 1. The zero-order valence-corrected chi connectivity index (χ0v) is 20.6. The molecule has 1 fully saturated rings. The molecule has 0 spiro atoms. The number of halogens is 1. The summed E-state index contributed by atoms with van der Waals surface area (Å²) >= 11 is 3.79. The van der Waals surface area contributed by atoms with Crippen LogP contribution in [0.1, 0.15) is 0 Å². The highest BCUT2D eigenvalue weighted by Gasteiger charge is 2.52. The van der Waals surface area contributed by atoms with Crippen molar-refractivity contribution < 1.29 is 14.0 Å². The molecule has 0 aliphatic carbocycles. The number of alkyl halides is 1. The molecule has 1 saturated heterocycles. The number of nitrogens with one attached hydrogen (secondary N) is 1. The number of hydrogen-bond acceptors (Lipinski definition) is 5. The predicted octanol–water partition coefficient (Wildman–Crippen LogP) is 3.32. The number of carbonyl (C=O) groups is 2. The van der Waals surface area contributed by atoms with Crippen molar-refractivity contribution in [3.63, 3.8) is 0 Å². The Morgan fingerprint density at radius 1 is 1.36 bits per heavy atom. The van der Waals surface area contributed by atoms with Crippen molar-refractivity contribution in [3.8, 4) is 0 Å². The number of thioether (sulfide) groups is 1. The molecule has 2 aliphatic heterocycles. The maximum absolute atomic E-state index is 12.7. The van der Waals surface area contributed by atoms with Gasteiger partial charge in [-0.05, 0) is 25.2 Å². The Kier molecular flexibility index (Phi) is 6.67. The summed E-state index contributed by atoms with van der Waals surface area (Å²) in [7, 11) is -3.55. The Labute approximate surface area is 170 Å². The molecule has 0 saturated carbocycles. The molecule has 0 aromatic rings. The van der Waals surface area contributed by atoms with Gasteiger partial charge in [-0.3, -0.25) is 9.59 Å². The number of hydrogen-bond donors (Lipinski definition) is 1. The van der Waals surface area contributed by atoms with Gasteiger partial charge in [-0.25, -0.2) is 0 Å². The van der Waals surface area contributed by atoms with Gasteiger partial charge in [0.1, 0.15) is 24.9 Å². The highest BCUT2D eigenvalue weighted by Crippen LogP contribution is 2.42. The van der Waals surface area contributed by atoms with E-state index in [2.05, 4.69) is 47.2 Å². The Balaban J connectivity index is 2.24. The summed E-state index contributed by atoms with van der Waals surface area (Å²) in [5.41, 5.74) is 0.848. The first-order valence-electron chi connectivity index (χ1n) is 8.35. The smallest absolute Gasteiger partial charge is 0.310 e. The van der Waals surface area contributed by atoms with Gasteiger partial charge >= 0.3 is 5.97 Å². The normalized spacial score (nSPS) is 27.0. The molecular formula is C16H27IN2O3SSi2. The van der Waals surface area contributed by atoms with Crippen molar-refractivity contribution in [3.05, 3.63) is 23.9 Å². The van der Waals surface area contributed by atoms with E-state index in [9.17, 15) is 9.59 Å². The van der Waals surface area contributed by atoms with Crippen LogP contribution in [0, 0.1) is 0 Å². The van der Waals surface area contributed by atoms with E-state index < -0.39 is 16.6 Å². The van der Waals surface area contributed by atoms with Crippen LogP contribution < -0.4 is 4.98 Å². The Bertz CT molecular complexity index is 613. The topological polar surface area (TPSA) is 58.6 Å². The van der Waals surface area contributed by atoms with E-state index in [1.807, 2.05) is 38.0 Å². The van der Waals surface area contributed by atoms with Crippen molar-refractivity contribution in [2.24, 2.45) is 0 Å². The van der Waals surface area contributed by atoms with E-state index in [1.54, 1.807) is 4.90 Å². The van der Waals surface area contributed by atoms with Crippen molar-refractivity contribution in [2.45, 2.75) is 55.9 Å². The van der Waals surface area contributed by atoms with Gasteiger partial charge in [-0.1, -0.05) is 54.4 Å². The quantitative estimate of drug-likeness (QED) is 0.257. The number of allylic oxidation sites excluding steroid dienone is 2. The van der Waals surface area contributed by atoms with E-state index in [0.717, 1.165) is 10.0 Å². The molecule has 0 bridgehead atoms. The fourth-order valence-electron chi connectivity index (χ4n) is 2.67. The lowest BCUT2D eigenvalue weighted by Gasteiger charge is -2.50. The molecule has 0 aromatic heterocycles. The second-order valence-corrected chi connectivity index (χ2v) is 19.6. The lowest BCUT2D eigenvalue weighted by Crippen LogP contribution is -2.72. The van der Waals surface area contributed by atoms with Gasteiger partial charge in [-0.2, -0.15) is 0 Å². The molecule has 0 radical (unpaired) electrons. The highest BCUT2D eigenvalue weighted by molar-refractivity contribution is 14.1. The third-order valence-corrected chi connectivity index (χ3v) is 7.57. The fraction of sp³-hybridized carbons (Fsp3) is 0.625. The van der Waals surface area contributed by atoms with Crippen LogP contribution in [0.4, 0.5) is 0 Å². The standard InChI is InChI=1S/C16H27IN2O3SSi2/c1-24(2,3)18-12-14(20)19-10-11(8-7-9-17)13(23-15(12)19)16(21)22-25(4,5)6/h7-8,10,12-13,15,18H,9H2,1-6H3/b8-7+/t12-,13?,15-/m1/s1. The Morgan fingerprint density at radius 3 is 2.52 bits per heavy atom. The van der Waals surface area contributed by atoms with Crippen LogP contribution in [-0.2, 0) is 14.0 Å². The number of amides is 1. The van der Waals surface area contributed by atoms with Crippen LogP contribution in [0.2, 0.25) is 39.3 Å². The monoisotopic (exact) mass is 510 g/mol. The average Bonchev–Trinajstić information content (AvgIpc) is 2.47. The molecule has 2 rings (SSSR count).